The monoisotopic (exact) mass is 350 g/mol. The van der Waals surface area contributed by atoms with E-state index in [1.165, 1.54) is 12.1 Å². The van der Waals surface area contributed by atoms with E-state index in [9.17, 15) is 23.6 Å². The van der Waals surface area contributed by atoms with E-state index in [4.69, 9.17) is 0 Å². The van der Waals surface area contributed by atoms with Gasteiger partial charge in [0, 0.05) is 18.7 Å². The summed E-state index contributed by atoms with van der Waals surface area (Å²) in [5.74, 6) is 0. The molecule has 1 atom stereocenters. The van der Waals surface area contributed by atoms with Crippen molar-refractivity contribution in [2.75, 3.05) is 6.54 Å². The molecule has 2 aromatic rings. The van der Waals surface area contributed by atoms with Crippen molar-refractivity contribution < 1.29 is 18.4 Å². The van der Waals surface area contributed by atoms with E-state index in [1.807, 2.05) is 6.07 Å². The average molecular weight is 350 g/mol. The third-order valence-corrected chi connectivity index (χ3v) is 5.17. The molecule has 128 valence electrons. The van der Waals surface area contributed by atoms with Crippen LogP contribution in [0.4, 0.5) is 5.69 Å². The summed E-state index contributed by atoms with van der Waals surface area (Å²) >= 11 is 0. The maximum atomic E-state index is 12.3. The number of nitrogens with zero attached hydrogens (tertiary/aromatic N) is 1. The van der Waals surface area contributed by atoms with E-state index < -0.39 is 21.1 Å². The van der Waals surface area contributed by atoms with Crippen LogP contribution in [0.5, 0.6) is 0 Å². The third kappa shape index (κ3) is 4.38. The van der Waals surface area contributed by atoms with Crippen LogP contribution in [0.3, 0.4) is 0 Å². The molecule has 0 saturated carbocycles. The van der Waals surface area contributed by atoms with Crippen molar-refractivity contribution in [1.82, 2.24) is 4.72 Å². The summed E-state index contributed by atoms with van der Waals surface area (Å²) in [5, 5.41) is 20.8. The van der Waals surface area contributed by atoms with E-state index in [0.717, 1.165) is 6.07 Å². The van der Waals surface area contributed by atoms with Crippen molar-refractivity contribution in [2.24, 2.45) is 0 Å². The lowest BCUT2D eigenvalue weighted by Gasteiger charge is -2.13. The summed E-state index contributed by atoms with van der Waals surface area (Å²) in [5.41, 5.74) is 0.824. The minimum atomic E-state index is -3.89. The fourth-order valence-electron chi connectivity index (χ4n) is 2.24. The Balaban J connectivity index is 2.06. The first-order chi connectivity index (χ1) is 11.3. The predicted molar refractivity (Wildman–Crippen MR) is 89.0 cm³/mol. The number of aliphatic hydroxyl groups is 1. The second-order valence-electron chi connectivity index (χ2n) is 5.32. The summed E-state index contributed by atoms with van der Waals surface area (Å²) in [6.45, 7) is 1.58. The molecule has 0 bridgehead atoms. The largest absolute Gasteiger partial charge is 0.388 e. The topological polar surface area (TPSA) is 110 Å². The van der Waals surface area contributed by atoms with Gasteiger partial charge < -0.3 is 5.11 Å². The van der Waals surface area contributed by atoms with Gasteiger partial charge in [-0.3, -0.25) is 10.1 Å². The standard InChI is InChI=1S/C16H18N2O5S/c1-12-7-8-14(18(20)21)11-16(12)24(22,23)17-10-9-15(19)13-5-3-2-4-6-13/h2-8,11,15,17,19H,9-10H2,1H3. The number of nitro groups is 1. The maximum absolute atomic E-state index is 12.3. The number of rotatable bonds is 7. The lowest BCUT2D eigenvalue weighted by molar-refractivity contribution is -0.385. The Morgan fingerprint density at radius 1 is 1.21 bits per heavy atom. The summed E-state index contributed by atoms with van der Waals surface area (Å²) in [7, 11) is -3.89. The number of benzene rings is 2. The molecular weight excluding hydrogens is 332 g/mol. The van der Waals surface area contributed by atoms with Crippen LogP contribution in [0.1, 0.15) is 23.7 Å². The van der Waals surface area contributed by atoms with Crippen molar-refractivity contribution in [2.45, 2.75) is 24.3 Å². The van der Waals surface area contributed by atoms with Crippen molar-refractivity contribution in [3.63, 3.8) is 0 Å². The first kappa shape index (κ1) is 18.1. The van der Waals surface area contributed by atoms with Gasteiger partial charge in [0.2, 0.25) is 10.0 Å². The molecule has 2 aromatic carbocycles. The molecule has 1 unspecified atom stereocenters. The van der Waals surface area contributed by atoms with Crippen molar-refractivity contribution >= 4 is 15.7 Å². The molecule has 0 aliphatic rings. The minimum Gasteiger partial charge on any atom is -0.388 e. The lowest BCUT2D eigenvalue weighted by atomic mass is 10.1. The number of nitrogens with one attached hydrogen (secondary N) is 1. The molecule has 24 heavy (non-hydrogen) atoms. The highest BCUT2D eigenvalue weighted by atomic mass is 32.2. The van der Waals surface area contributed by atoms with Crippen LogP contribution in [-0.2, 0) is 10.0 Å². The predicted octanol–water partition coefficient (Wildman–Crippen LogP) is 2.31. The van der Waals surface area contributed by atoms with Gasteiger partial charge in [-0.1, -0.05) is 36.4 Å². The summed E-state index contributed by atoms with van der Waals surface area (Å²) in [6, 6.07) is 12.6. The van der Waals surface area contributed by atoms with Crippen LogP contribution >= 0.6 is 0 Å². The first-order valence-corrected chi connectivity index (χ1v) is 8.77. The van der Waals surface area contributed by atoms with E-state index in [-0.39, 0.29) is 23.5 Å². The Morgan fingerprint density at radius 2 is 1.88 bits per heavy atom. The Kier molecular flexibility index (Phi) is 5.66. The number of hydrogen-bond donors (Lipinski definition) is 2. The van der Waals surface area contributed by atoms with Gasteiger partial charge in [0.25, 0.3) is 5.69 Å². The highest BCUT2D eigenvalue weighted by Crippen LogP contribution is 2.22. The molecule has 0 heterocycles. The maximum Gasteiger partial charge on any atom is 0.270 e. The van der Waals surface area contributed by atoms with Gasteiger partial charge in [0.15, 0.2) is 0 Å². The van der Waals surface area contributed by atoms with Crippen LogP contribution < -0.4 is 4.72 Å². The SMILES string of the molecule is Cc1ccc([N+](=O)[O-])cc1S(=O)(=O)NCCC(O)c1ccccc1. The molecule has 0 aliphatic heterocycles. The van der Waals surface area contributed by atoms with E-state index in [1.54, 1.807) is 31.2 Å². The van der Waals surface area contributed by atoms with Crippen LogP contribution in [0.2, 0.25) is 0 Å². The molecule has 0 aromatic heterocycles. The van der Waals surface area contributed by atoms with Gasteiger partial charge >= 0.3 is 0 Å². The van der Waals surface area contributed by atoms with E-state index in [2.05, 4.69) is 4.72 Å². The lowest BCUT2D eigenvalue weighted by Crippen LogP contribution is -2.26. The summed E-state index contributed by atoms with van der Waals surface area (Å²) in [4.78, 5) is 10.0. The van der Waals surface area contributed by atoms with Crippen molar-refractivity contribution in [3.8, 4) is 0 Å². The van der Waals surface area contributed by atoms with Crippen LogP contribution in [0, 0.1) is 17.0 Å². The van der Waals surface area contributed by atoms with Gasteiger partial charge in [-0.05, 0) is 24.5 Å². The van der Waals surface area contributed by atoms with Gasteiger partial charge in [-0.25, -0.2) is 13.1 Å². The highest BCUT2D eigenvalue weighted by molar-refractivity contribution is 7.89. The quantitative estimate of drug-likeness (QED) is 0.588. The Labute approximate surface area is 140 Å². The molecule has 8 heteroatoms. The van der Waals surface area contributed by atoms with Crippen LogP contribution in [-0.4, -0.2) is 25.0 Å². The molecule has 0 saturated heterocycles. The first-order valence-electron chi connectivity index (χ1n) is 7.29. The second-order valence-corrected chi connectivity index (χ2v) is 7.06. The molecule has 0 spiro atoms. The molecule has 0 fully saturated rings. The number of aliphatic hydroxyl groups excluding tert-OH is 1. The van der Waals surface area contributed by atoms with Gasteiger partial charge in [0.05, 0.1) is 15.9 Å². The fraction of sp³-hybridized carbons (Fsp3) is 0.250. The molecule has 7 nitrogen and oxygen atoms in total. The van der Waals surface area contributed by atoms with E-state index in [0.29, 0.717) is 11.1 Å². The van der Waals surface area contributed by atoms with Crippen LogP contribution in [0.15, 0.2) is 53.4 Å². The average Bonchev–Trinajstić information content (AvgIpc) is 2.55. The number of aryl methyl sites for hydroxylation is 1. The number of non-ortho nitro benzene ring substituents is 1. The van der Waals surface area contributed by atoms with E-state index >= 15 is 0 Å². The van der Waals surface area contributed by atoms with Crippen LogP contribution in [0.25, 0.3) is 0 Å². The van der Waals surface area contributed by atoms with Gasteiger partial charge in [0.1, 0.15) is 0 Å². The summed E-state index contributed by atoms with van der Waals surface area (Å²) < 4.78 is 27.0. The fourth-order valence-corrected chi connectivity index (χ4v) is 3.55. The Bertz CT molecular complexity index is 822. The van der Waals surface area contributed by atoms with Gasteiger partial charge in [-0.2, -0.15) is 0 Å². The minimum absolute atomic E-state index is 0.0144. The molecular formula is C16H18N2O5S. The van der Waals surface area contributed by atoms with Crippen molar-refractivity contribution in [1.29, 1.82) is 0 Å². The molecule has 2 rings (SSSR count). The normalized spacial score (nSPS) is 12.8. The zero-order valence-corrected chi connectivity index (χ0v) is 13.9. The molecule has 2 N–H and O–H groups in total. The zero-order chi connectivity index (χ0) is 17.7. The molecule has 0 radical (unpaired) electrons. The van der Waals surface area contributed by atoms with Gasteiger partial charge in [-0.15, -0.1) is 0 Å². The second kappa shape index (κ2) is 7.52. The number of sulfonamides is 1. The Hall–Kier alpha value is -2.29. The van der Waals surface area contributed by atoms with Crippen molar-refractivity contribution in [3.05, 3.63) is 69.8 Å². The molecule has 0 amide bonds. The zero-order valence-electron chi connectivity index (χ0n) is 13.0. The molecule has 0 aliphatic carbocycles. The smallest absolute Gasteiger partial charge is 0.270 e. The third-order valence-electron chi connectivity index (χ3n) is 3.57. The number of nitro benzene ring substituents is 1. The highest BCUT2D eigenvalue weighted by Gasteiger charge is 2.20. The number of hydrogen-bond acceptors (Lipinski definition) is 5. The Morgan fingerprint density at radius 3 is 2.50 bits per heavy atom. The summed E-state index contributed by atoms with van der Waals surface area (Å²) in [6.07, 6.45) is -0.600.